The highest BCUT2D eigenvalue weighted by Gasteiger charge is 2.17. The smallest absolute Gasteiger partial charge is 0.250 e. The van der Waals surface area contributed by atoms with Gasteiger partial charge in [-0.15, -0.1) is 22.7 Å². The van der Waals surface area contributed by atoms with E-state index >= 15 is 0 Å². The van der Waals surface area contributed by atoms with Crippen molar-refractivity contribution in [3.63, 3.8) is 0 Å². The van der Waals surface area contributed by atoms with Crippen molar-refractivity contribution in [2.75, 3.05) is 0 Å². The molecule has 0 amide bonds. The van der Waals surface area contributed by atoms with Crippen LogP contribution in [0.25, 0.3) is 0 Å². The van der Waals surface area contributed by atoms with Crippen LogP contribution in [0, 0.1) is 0 Å². The standard InChI is InChI=1S/C10H10BrNO3S3/c11-8-1-2-16-9(8)4-12-18(14,15)10-3-7(5-13)6-17-10/h1-3,6,12-13H,4-5H2. The van der Waals surface area contributed by atoms with Crippen LogP contribution >= 0.6 is 38.6 Å². The van der Waals surface area contributed by atoms with Crippen molar-refractivity contribution in [3.05, 3.63) is 37.8 Å². The lowest BCUT2D eigenvalue weighted by molar-refractivity contribution is 0.282. The summed E-state index contributed by atoms with van der Waals surface area (Å²) in [4.78, 5) is 0.928. The van der Waals surface area contributed by atoms with E-state index in [2.05, 4.69) is 20.7 Å². The first-order valence-electron chi connectivity index (χ1n) is 4.93. The zero-order valence-corrected chi connectivity index (χ0v) is 13.1. The van der Waals surface area contributed by atoms with Gasteiger partial charge >= 0.3 is 0 Å². The molecule has 4 nitrogen and oxygen atoms in total. The molecule has 0 unspecified atom stereocenters. The first-order chi connectivity index (χ1) is 8.53. The zero-order chi connectivity index (χ0) is 13.2. The summed E-state index contributed by atoms with van der Waals surface area (Å²) in [6, 6.07) is 3.36. The number of aliphatic hydroxyl groups is 1. The molecular weight excluding hydrogens is 358 g/mol. The zero-order valence-electron chi connectivity index (χ0n) is 9.09. The molecule has 2 aromatic heterocycles. The number of nitrogens with one attached hydrogen (secondary N) is 1. The Balaban J connectivity index is 2.10. The van der Waals surface area contributed by atoms with E-state index in [1.54, 1.807) is 5.38 Å². The van der Waals surface area contributed by atoms with Crippen molar-refractivity contribution < 1.29 is 13.5 Å². The maximum Gasteiger partial charge on any atom is 0.250 e. The minimum Gasteiger partial charge on any atom is -0.392 e. The topological polar surface area (TPSA) is 66.4 Å². The second kappa shape index (κ2) is 5.81. The number of hydrogen-bond donors (Lipinski definition) is 2. The Labute approximate surface area is 121 Å². The van der Waals surface area contributed by atoms with Gasteiger partial charge in [-0.25, -0.2) is 13.1 Å². The summed E-state index contributed by atoms with van der Waals surface area (Å²) in [5.41, 5.74) is 0.609. The highest BCUT2D eigenvalue weighted by atomic mass is 79.9. The van der Waals surface area contributed by atoms with Crippen LogP contribution in [0.15, 0.2) is 31.6 Å². The first-order valence-corrected chi connectivity index (χ1v) is 8.96. The van der Waals surface area contributed by atoms with E-state index in [1.165, 1.54) is 17.4 Å². The molecule has 0 saturated heterocycles. The van der Waals surface area contributed by atoms with Gasteiger partial charge in [0.05, 0.1) is 6.61 Å². The molecule has 2 rings (SSSR count). The lowest BCUT2D eigenvalue weighted by Gasteiger charge is -2.03. The van der Waals surface area contributed by atoms with E-state index < -0.39 is 10.0 Å². The lowest BCUT2D eigenvalue weighted by atomic mass is 10.4. The number of aliphatic hydroxyl groups excluding tert-OH is 1. The summed E-state index contributed by atoms with van der Waals surface area (Å²) in [5, 5.41) is 12.4. The fraction of sp³-hybridized carbons (Fsp3) is 0.200. The van der Waals surface area contributed by atoms with Crippen molar-refractivity contribution in [3.8, 4) is 0 Å². The predicted molar refractivity (Wildman–Crippen MR) is 76.3 cm³/mol. The van der Waals surface area contributed by atoms with E-state index in [9.17, 15) is 8.42 Å². The Morgan fingerprint density at radius 3 is 2.72 bits per heavy atom. The molecule has 0 atom stereocenters. The number of hydrogen-bond acceptors (Lipinski definition) is 5. The van der Waals surface area contributed by atoms with Gasteiger partial charge in [-0.05, 0) is 44.4 Å². The fourth-order valence-electron chi connectivity index (χ4n) is 1.26. The van der Waals surface area contributed by atoms with Gasteiger partial charge in [0, 0.05) is 15.9 Å². The van der Waals surface area contributed by atoms with Crippen molar-refractivity contribution in [1.29, 1.82) is 0 Å². The van der Waals surface area contributed by atoms with Crippen LogP contribution < -0.4 is 4.72 Å². The van der Waals surface area contributed by atoms with E-state index in [4.69, 9.17) is 5.11 Å². The van der Waals surface area contributed by atoms with Crippen LogP contribution in [0.1, 0.15) is 10.4 Å². The summed E-state index contributed by atoms with van der Waals surface area (Å²) in [5.74, 6) is 0. The van der Waals surface area contributed by atoms with Crippen LogP contribution in [0.2, 0.25) is 0 Å². The summed E-state index contributed by atoms with van der Waals surface area (Å²) < 4.78 is 27.6. The maximum absolute atomic E-state index is 12.0. The van der Waals surface area contributed by atoms with Crippen molar-refractivity contribution >= 4 is 48.6 Å². The van der Waals surface area contributed by atoms with Gasteiger partial charge in [0.25, 0.3) is 0 Å². The van der Waals surface area contributed by atoms with Crippen molar-refractivity contribution in [2.45, 2.75) is 17.4 Å². The molecule has 0 aliphatic rings. The normalized spacial score (nSPS) is 11.9. The second-order valence-corrected chi connectivity index (χ2v) is 8.21. The molecule has 98 valence electrons. The van der Waals surface area contributed by atoms with Crippen LogP contribution in [-0.4, -0.2) is 13.5 Å². The van der Waals surface area contributed by atoms with Crippen LogP contribution in [0.4, 0.5) is 0 Å². The van der Waals surface area contributed by atoms with Gasteiger partial charge in [-0.2, -0.15) is 0 Å². The van der Waals surface area contributed by atoms with Crippen LogP contribution in [0.5, 0.6) is 0 Å². The molecule has 0 radical (unpaired) electrons. The van der Waals surface area contributed by atoms with E-state index in [1.807, 2.05) is 11.4 Å². The van der Waals surface area contributed by atoms with Gasteiger partial charge < -0.3 is 5.11 Å². The number of thiophene rings is 2. The predicted octanol–water partition coefficient (Wildman–Crippen LogP) is 2.54. The number of halogens is 1. The molecule has 0 saturated carbocycles. The molecule has 0 aromatic carbocycles. The molecule has 0 aliphatic heterocycles. The van der Waals surface area contributed by atoms with Gasteiger partial charge in [-0.3, -0.25) is 0 Å². The molecule has 2 N–H and O–H groups in total. The Bertz CT molecular complexity index is 632. The molecule has 18 heavy (non-hydrogen) atoms. The highest BCUT2D eigenvalue weighted by molar-refractivity contribution is 9.10. The molecule has 0 bridgehead atoms. The Morgan fingerprint density at radius 1 is 1.39 bits per heavy atom. The Morgan fingerprint density at radius 2 is 2.17 bits per heavy atom. The van der Waals surface area contributed by atoms with Gasteiger partial charge in [0.15, 0.2) is 0 Å². The summed E-state index contributed by atoms with van der Waals surface area (Å²) in [6.07, 6.45) is 0. The maximum atomic E-state index is 12.0. The largest absolute Gasteiger partial charge is 0.392 e. The average Bonchev–Trinajstić information content (AvgIpc) is 2.95. The summed E-state index contributed by atoms with van der Waals surface area (Å²) in [6.45, 7) is 0.107. The first kappa shape index (κ1) is 14.2. The molecule has 8 heteroatoms. The summed E-state index contributed by atoms with van der Waals surface area (Å²) >= 11 is 5.94. The Hall–Kier alpha value is -0.250. The van der Waals surface area contributed by atoms with Gasteiger partial charge in [0.1, 0.15) is 4.21 Å². The molecule has 2 aromatic rings. The average molecular weight is 368 g/mol. The minimum absolute atomic E-state index is 0.150. The SMILES string of the molecule is O=S(=O)(NCc1sccc1Br)c1cc(CO)cs1. The third-order valence-corrected chi connectivity index (χ3v) is 7.01. The minimum atomic E-state index is -3.50. The lowest BCUT2D eigenvalue weighted by Crippen LogP contribution is -2.22. The van der Waals surface area contributed by atoms with Gasteiger partial charge in [-0.1, -0.05) is 0 Å². The number of rotatable bonds is 5. The summed E-state index contributed by atoms with van der Waals surface area (Å²) in [7, 11) is -3.50. The van der Waals surface area contributed by atoms with Crippen molar-refractivity contribution in [1.82, 2.24) is 4.72 Å². The fourth-order valence-corrected chi connectivity index (χ4v) is 5.02. The van der Waals surface area contributed by atoms with Crippen LogP contribution in [-0.2, 0) is 23.2 Å². The van der Waals surface area contributed by atoms with E-state index in [0.29, 0.717) is 5.56 Å². The molecule has 0 spiro atoms. The third-order valence-electron chi connectivity index (χ3n) is 2.19. The molecular formula is C10H10BrNO3S3. The number of sulfonamides is 1. The monoisotopic (exact) mass is 367 g/mol. The molecule has 0 fully saturated rings. The van der Waals surface area contributed by atoms with E-state index in [-0.39, 0.29) is 17.4 Å². The third kappa shape index (κ3) is 3.19. The second-order valence-electron chi connectivity index (χ2n) is 3.45. The quantitative estimate of drug-likeness (QED) is 0.853. The van der Waals surface area contributed by atoms with Crippen LogP contribution in [0.3, 0.4) is 0 Å². The highest BCUT2D eigenvalue weighted by Crippen LogP contribution is 2.24. The molecule has 0 aliphatic carbocycles. The van der Waals surface area contributed by atoms with Gasteiger partial charge in [0.2, 0.25) is 10.0 Å². The van der Waals surface area contributed by atoms with E-state index in [0.717, 1.165) is 20.7 Å². The molecule has 2 heterocycles. The Kier molecular flexibility index (Phi) is 4.57. The van der Waals surface area contributed by atoms with Crippen molar-refractivity contribution in [2.24, 2.45) is 0 Å².